The van der Waals surface area contributed by atoms with Crippen molar-refractivity contribution in [1.29, 1.82) is 0 Å². The summed E-state index contributed by atoms with van der Waals surface area (Å²) in [6, 6.07) is 0. The molecular weight excluding hydrogens is 501 g/mol. The minimum Gasteiger partial charge on any atom is -0.263 e. The van der Waals surface area contributed by atoms with Gasteiger partial charge in [0.15, 0.2) is 0 Å². The molecule has 33 heavy (non-hydrogen) atoms. The summed E-state index contributed by atoms with van der Waals surface area (Å²) < 4.78 is 143. The third kappa shape index (κ3) is 7.38. The SMILES string of the molecule is CC(F)(F)C(F)(F)OC(F)(c1nc(S(=O)(=O)F)n[nH]1)C(F)(F)F.CCCC[N+]1=CC=[N+](C)C1. The lowest BCUT2D eigenvalue weighted by molar-refractivity contribution is -0.699. The van der Waals surface area contributed by atoms with E-state index in [1.165, 1.54) is 19.4 Å². The number of nitrogens with one attached hydrogen (secondary N) is 1. The van der Waals surface area contributed by atoms with Crippen LogP contribution in [-0.4, -0.2) is 83.6 Å². The molecule has 0 aliphatic carbocycles. The monoisotopic (exact) mass is 521 g/mol. The van der Waals surface area contributed by atoms with Crippen LogP contribution in [0.2, 0.25) is 0 Å². The zero-order valence-electron chi connectivity index (χ0n) is 17.3. The second-order valence-corrected chi connectivity index (χ2v) is 8.11. The van der Waals surface area contributed by atoms with Gasteiger partial charge >= 0.3 is 41.0 Å². The summed E-state index contributed by atoms with van der Waals surface area (Å²) in [6.07, 6.45) is -5.55. The van der Waals surface area contributed by atoms with Crippen LogP contribution in [0.4, 0.5) is 39.0 Å². The molecule has 0 saturated carbocycles. The fourth-order valence-electron chi connectivity index (χ4n) is 2.10. The summed E-state index contributed by atoms with van der Waals surface area (Å²) >= 11 is 0. The summed E-state index contributed by atoms with van der Waals surface area (Å²) in [7, 11) is -3.74. The van der Waals surface area contributed by atoms with Crippen LogP contribution in [0.3, 0.4) is 0 Å². The number of halogens is 9. The Morgan fingerprint density at radius 1 is 1.12 bits per heavy atom. The molecule has 0 saturated heterocycles. The van der Waals surface area contributed by atoms with Crippen molar-refractivity contribution in [2.24, 2.45) is 0 Å². The average molecular weight is 521 g/mol. The molecule has 0 aromatic carbocycles. The first-order valence-corrected chi connectivity index (χ1v) is 10.3. The van der Waals surface area contributed by atoms with Gasteiger partial charge in [0.25, 0.3) is 5.16 Å². The predicted octanol–water partition coefficient (Wildman–Crippen LogP) is 2.97. The number of unbranched alkanes of at least 4 members (excludes halogenated alkanes) is 1. The molecule has 190 valence electrons. The number of hydrogen-bond donors (Lipinski definition) is 1. The third-order valence-electron chi connectivity index (χ3n) is 3.87. The molecule has 1 unspecified atom stereocenters. The lowest BCUT2D eigenvalue weighted by atomic mass is 10.2. The lowest BCUT2D eigenvalue weighted by Crippen LogP contribution is -2.52. The van der Waals surface area contributed by atoms with E-state index in [2.05, 4.69) is 50.4 Å². The van der Waals surface area contributed by atoms with Gasteiger partial charge in [0.2, 0.25) is 18.3 Å². The van der Waals surface area contributed by atoms with E-state index in [0.29, 0.717) is 0 Å². The van der Waals surface area contributed by atoms with Crippen molar-refractivity contribution in [3.8, 4) is 0 Å². The van der Waals surface area contributed by atoms with Gasteiger partial charge in [0.05, 0.1) is 0 Å². The molecule has 1 aliphatic rings. The van der Waals surface area contributed by atoms with Crippen molar-refractivity contribution in [1.82, 2.24) is 15.2 Å². The van der Waals surface area contributed by atoms with Crippen LogP contribution in [0, 0.1) is 0 Å². The maximum atomic E-state index is 13.8. The zero-order valence-corrected chi connectivity index (χ0v) is 18.1. The quantitative estimate of drug-likeness (QED) is 0.323. The number of aromatic amines is 1. The first-order chi connectivity index (χ1) is 14.7. The fourth-order valence-corrected chi connectivity index (χ4v) is 2.46. The Labute approximate surface area is 182 Å². The van der Waals surface area contributed by atoms with E-state index in [9.17, 15) is 47.4 Å². The highest BCUT2D eigenvalue weighted by Gasteiger charge is 2.70. The number of nitrogens with zero attached hydrogens (tertiary/aromatic N) is 4. The standard InChI is InChI=1S/C8H16N2.C7H4F9N3O3S/c1-3-4-5-10-7-6-9(2)8-10;1-4(8,9)7(14,15)22-5(10,6(11,12)13)2-17-3(19-18-2)23(16,20)21/h6-7H,3-5,8H2,1-2H3;1H3,(H,17,18,19)/q+2;. The summed E-state index contributed by atoms with van der Waals surface area (Å²) in [5.41, 5.74) is 0. The molecule has 1 aliphatic heterocycles. The summed E-state index contributed by atoms with van der Waals surface area (Å²) in [4.78, 5) is 2.16. The van der Waals surface area contributed by atoms with Crippen LogP contribution >= 0.6 is 0 Å². The van der Waals surface area contributed by atoms with Gasteiger partial charge in [-0.2, -0.15) is 57.7 Å². The van der Waals surface area contributed by atoms with Crippen LogP contribution in [0.5, 0.6) is 0 Å². The van der Waals surface area contributed by atoms with E-state index in [0.717, 1.165) is 11.8 Å². The Balaban J connectivity index is 0.000000451. The van der Waals surface area contributed by atoms with E-state index in [4.69, 9.17) is 0 Å². The van der Waals surface area contributed by atoms with Crippen molar-refractivity contribution in [3.05, 3.63) is 5.82 Å². The molecule has 8 nitrogen and oxygen atoms in total. The first-order valence-electron chi connectivity index (χ1n) is 8.96. The van der Waals surface area contributed by atoms with Crippen LogP contribution in [0.1, 0.15) is 32.5 Å². The summed E-state index contributed by atoms with van der Waals surface area (Å²) in [5.74, 6) is -13.4. The Bertz CT molecular complexity index is 986. The molecule has 0 radical (unpaired) electrons. The highest BCUT2D eigenvalue weighted by atomic mass is 32.3. The van der Waals surface area contributed by atoms with Gasteiger partial charge < -0.3 is 0 Å². The molecule has 2 rings (SSSR count). The van der Waals surface area contributed by atoms with Crippen molar-refractivity contribution in [3.63, 3.8) is 0 Å². The van der Waals surface area contributed by atoms with E-state index in [1.807, 2.05) is 0 Å². The van der Waals surface area contributed by atoms with E-state index in [1.54, 1.807) is 0 Å². The topological polar surface area (TPSA) is 91.0 Å². The number of ether oxygens (including phenoxy) is 1. The number of aromatic nitrogens is 3. The number of alkyl halides is 8. The predicted molar refractivity (Wildman–Crippen MR) is 93.4 cm³/mol. The minimum atomic E-state index is -6.43. The highest BCUT2D eigenvalue weighted by Crippen LogP contribution is 2.48. The summed E-state index contributed by atoms with van der Waals surface area (Å²) in [6.45, 7) is 3.93. The molecule has 1 N–H and O–H groups in total. The van der Waals surface area contributed by atoms with E-state index >= 15 is 0 Å². The molecule has 0 fully saturated rings. The van der Waals surface area contributed by atoms with Crippen molar-refractivity contribution in [2.75, 3.05) is 20.3 Å². The first kappa shape index (κ1) is 28.8. The minimum absolute atomic E-state index is 0.568. The Morgan fingerprint density at radius 3 is 2.06 bits per heavy atom. The number of H-pyrrole nitrogens is 1. The van der Waals surface area contributed by atoms with Gasteiger partial charge in [-0.3, -0.25) is 9.84 Å². The second kappa shape index (κ2) is 9.94. The van der Waals surface area contributed by atoms with Crippen LogP contribution in [0.15, 0.2) is 5.16 Å². The Hall–Kier alpha value is -2.24. The maximum absolute atomic E-state index is 13.8. The van der Waals surface area contributed by atoms with Gasteiger partial charge in [-0.05, 0) is 0 Å². The zero-order chi connectivity index (χ0) is 25.9. The van der Waals surface area contributed by atoms with Gasteiger partial charge in [-0.1, -0.05) is 17.2 Å². The van der Waals surface area contributed by atoms with Crippen LogP contribution < -0.4 is 0 Å². The number of rotatable bonds is 8. The van der Waals surface area contributed by atoms with Gasteiger partial charge in [-0.25, -0.2) is 0 Å². The van der Waals surface area contributed by atoms with Crippen LogP contribution in [0.25, 0.3) is 0 Å². The van der Waals surface area contributed by atoms with Gasteiger partial charge in [0.1, 0.15) is 13.6 Å². The average Bonchev–Trinajstić information content (AvgIpc) is 3.27. The molecule has 1 aromatic rings. The van der Waals surface area contributed by atoms with E-state index in [-0.39, 0.29) is 0 Å². The lowest BCUT2D eigenvalue weighted by Gasteiger charge is -2.31. The molecular formula is C15H20F9N5O3S+2. The maximum Gasteiger partial charge on any atom is 0.456 e. The molecule has 18 heteroatoms. The van der Waals surface area contributed by atoms with Crippen molar-refractivity contribution >= 4 is 22.7 Å². The molecule has 1 atom stereocenters. The number of hydrogen-bond acceptors (Lipinski definition) is 5. The largest absolute Gasteiger partial charge is 0.456 e. The molecule has 0 spiro atoms. The fraction of sp³-hybridized carbons (Fsp3) is 0.733. The third-order valence-corrected chi connectivity index (χ3v) is 4.49. The van der Waals surface area contributed by atoms with Gasteiger partial charge in [0, 0.05) is 13.3 Å². The molecule has 0 bridgehead atoms. The summed E-state index contributed by atoms with van der Waals surface area (Å²) in [5, 5.41) is 1.12. The Morgan fingerprint density at radius 2 is 1.70 bits per heavy atom. The van der Waals surface area contributed by atoms with Crippen molar-refractivity contribution in [2.45, 2.75) is 55.9 Å². The van der Waals surface area contributed by atoms with Crippen molar-refractivity contribution < 1.29 is 61.3 Å². The normalized spacial score (nSPS) is 17.1. The Kier molecular flexibility index (Phi) is 8.67. The smallest absolute Gasteiger partial charge is 0.263 e. The molecule has 0 amide bonds. The van der Waals surface area contributed by atoms with E-state index < -0.39 is 52.2 Å². The van der Waals surface area contributed by atoms with Crippen LogP contribution in [-0.2, 0) is 20.8 Å². The second-order valence-electron chi connectivity index (χ2n) is 6.87. The molecule has 1 aromatic heterocycles. The highest BCUT2D eigenvalue weighted by molar-refractivity contribution is 7.86. The molecule has 2 heterocycles. The van der Waals surface area contributed by atoms with Gasteiger partial charge in [-0.15, -0.1) is 5.10 Å².